The van der Waals surface area contributed by atoms with Crippen molar-refractivity contribution in [1.82, 2.24) is 4.72 Å². The number of hydrogen-bond acceptors (Lipinski definition) is 3. The third kappa shape index (κ3) is 2.98. The van der Waals surface area contributed by atoms with Crippen molar-refractivity contribution in [3.63, 3.8) is 0 Å². The van der Waals surface area contributed by atoms with Crippen molar-refractivity contribution in [3.05, 3.63) is 24.3 Å². The number of sulfonamides is 1. The van der Waals surface area contributed by atoms with Crippen LogP contribution in [-0.2, 0) is 10.0 Å². The minimum Gasteiger partial charge on any atom is -0.497 e. The smallest absolute Gasteiger partial charge is 0.240 e. The lowest BCUT2D eigenvalue weighted by Crippen LogP contribution is -2.32. The number of methoxy groups -OCH3 is 1. The number of rotatable bonds is 4. The summed E-state index contributed by atoms with van der Waals surface area (Å²) in [7, 11) is -1.88. The highest BCUT2D eigenvalue weighted by Crippen LogP contribution is 2.22. The van der Waals surface area contributed by atoms with Crippen LogP contribution in [0.25, 0.3) is 0 Å². The Labute approximate surface area is 102 Å². The van der Waals surface area contributed by atoms with Crippen molar-refractivity contribution >= 4 is 10.0 Å². The van der Waals surface area contributed by atoms with E-state index in [9.17, 15) is 8.42 Å². The lowest BCUT2D eigenvalue weighted by atomic mass is 10.3. The fourth-order valence-corrected chi connectivity index (χ4v) is 3.44. The maximum Gasteiger partial charge on any atom is 0.240 e. The van der Waals surface area contributed by atoms with Crippen LogP contribution >= 0.6 is 0 Å². The van der Waals surface area contributed by atoms with Crippen LogP contribution in [-0.4, -0.2) is 21.6 Å². The molecule has 1 aliphatic carbocycles. The highest BCUT2D eigenvalue weighted by molar-refractivity contribution is 7.89. The van der Waals surface area contributed by atoms with Crippen molar-refractivity contribution < 1.29 is 13.2 Å². The molecule has 0 bridgehead atoms. The van der Waals surface area contributed by atoms with Gasteiger partial charge in [0.05, 0.1) is 12.0 Å². The normalized spacial score (nSPS) is 17.2. The first kappa shape index (κ1) is 12.4. The maximum absolute atomic E-state index is 12.1. The van der Waals surface area contributed by atoms with Gasteiger partial charge in [-0.05, 0) is 25.0 Å². The number of benzene rings is 1. The van der Waals surface area contributed by atoms with E-state index in [0.29, 0.717) is 5.75 Å². The molecule has 5 heteroatoms. The van der Waals surface area contributed by atoms with Gasteiger partial charge < -0.3 is 4.74 Å². The van der Waals surface area contributed by atoms with Gasteiger partial charge in [0.25, 0.3) is 0 Å². The summed E-state index contributed by atoms with van der Waals surface area (Å²) in [6, 6.07) is 6.62. The van der Waals surface area contributed by atoms with Crippen molar-refractivity contribution in [1.29, 1.82) is 0 Å². The molecule has 0 atom stereocenters. The molecule has 0 aromatic heterocycles. The summed E-state index contributed by atoms with van der Waals surface area (Å²) in [6.07, 6.45) is 4.07. The first-order valence-electron chi connectivity index (χ1n) is 5.78. The predicted octanol–water partition coefficient (Wildman–Crippen LogP) is 1.92. The summed E-state index contributed by atoms with van der Waals surface area (Å²) in [5.41, 5.74) is 0. The van der Waals surface area contributed by atoms with E-state index in [4.69, 9.17) is 4.74 Å². The fourth-order valence-electron chi connectivity index (χ4n) is 2.10. The Morgan fingerprint density at radius 1 is 1.29 bits per heavy atom. The van der Waals surface area contributed by atoms with Gasteiger partial charge in [-0.15, -0.1) is 0 Å². The van der Waals surface area contributed by atoms with Gasteiger partial charge in [0.2, 0.25) is 10.0 Å². The molecule has 0 aliphatic heterocycles. The minimum absolute atomic E-state index is 0.0891. The molecule has 4 nitrogen and oxygen atoms in total. The number of hydrogen-bond donors (Lipinski definition) is 1. The Balaban J connectivity index is 2.18. The summed E-state index contributed by atoms with van der Waals surface area (Å²) in [5, 5.41) is 0. The second kappa shape index (κ2) is 5.06. The zero-order valence-electron chi connectivity index (χ0n) is 9.85. The van der Waals surface area contributed by atoms with Gasteiger partial charge in [-0.1, -0.05) is 18.9 Å². The first-order valence-corrected chi connectivity index (χ1v) is 7.26. The van der Waals surface area contributed by atoms with Gasteiger partial charge in [-0.3, -0.25) is 0 Å². The summed E-state index contributed by atoms with van der Waals surface area (Å²) in [6.45, 7) is 0. The van der Waals surface area contributed by atoms with Gasteiger partial charge in [0, 0.05) is 12.1 Å². The lowest BCUT2D eigenvalue weighted by molar-refractivity contribution is 0.413. The zero-order valence-corrected chi connectivity index (χ0v) is 10.7. The fraction of sp³-hybridized carbons (Fsp3) is 0.500. The molecule has 0 saturated heterocycles. The van der Waals surface area contributed by atoms with E-state index in [2.05, 4.69) is 4.72 Å². The standard InChI is InChI=1S/C12H17NO3S/c1-16-11-7-4-8-12(9-11)17(14,15)13-10-5-2-3-6-10/h4,7-10,13H,2-3,5-6H2,1H3. The molecule has 1 aromatic carbocycles. The lowest BCUT2D eigenvalue weighted by Gasteiger charge is -2.12. The van der Waals surface area contributed by atoms with Crippen molar-refractivity contribution in [2.45, 2.75) is 36.6 Å². The van der Waals surface area contributed by atoms with E-state index < -0.39 is 10.0 Å². The topological polar surface area (TPSA) is 55.4 Å². The molecule has 1 aromatic rings. The van der Waals surface area contributed by atoms with Crippen LogP contribution in [0.2, 0.25) is 0 Å². The first-order chi connectivity index (χ1) is 8.12. The molecule has 1 N–H and O–H groups in total. The third-order valence-electron chi connectivity index (χ3n) is 3.03. The molecule has 0 radical (unpaired) electrons. The molecule has 0 unspecified atom stereocenters. The van der Waals surface area contributed by atoms with Gasteiger partial charge in [0.1, 0.15) is 5.75 Å². The van der Waals surface area contributed by atoms with Crippen LogP contribution < -0.4 is 9.46 Å². The Morgan fingerprint density at radius 2 is 2.00 bits per heavy atom. The SMILES string of the molecule is COc1cccc(S(=O)(=O)NC2CCCC2)c1. The summed E-state index contributed by atoms with van der Waals surface area (Å²) >= 11 is 0. The van der Waals surface area contributed by atoms with E-state index in [1.807, 2.05) is 0 Å². The van der Waals surface area contributed by atoms with E-state index in [1.165, 1.54) is 13.2 Å². The summed E-state index contributed by atoms with van der Waals surface area (Å²) in [5.74, 6) is 0.555. The zero-order chi connectivity index (χ0) is 12.3. The van der Waals surface area contributed by atoms with Crippen LogP contribution in [0.4, 0.5) is 0 Å². The number of ether oxygens (including phenoxy) is 1. The van der Waals surface area contributed by atoms with E-state index in [1.54, 1.807) is 18.2 Å². The van der Waals surface area contributed by atoms with Gasteiger partial charge in [-0.2, -0.15) is 0 Å². The summed E-state index contributed by atoms with van der Waals surface area (Å²) in [4.78, 5) is 0.267. The largest absolute Gasteiger partial charge is 0.497 e. The molecular weight excluding hydrogens is 238 g/mol. The van der Waals surface area contributed by atoms with E-state index in [-0.39, 0.29) is 10.9 Å². The summed E-state index contributed by atoms with van der Waals surface area (Å²) < 4.78 is 31.9. The number of nitrogens with one attached hydrogen (secondary N) is 1. The Hall–Kier alpha value is -1.07. The molecule has 1 saturated carbocycles. The Kier molecular flexibility index (Phi) is 3.69. The van der Waals surface area contributed by atoms with Crippen molar-refractivity contribution in [3.8, 4) is 5.75 Å². The molecule has 0 spiro atoms. The van der Waals surface area contributed by atoms with Crippen LogP contribution in [0.5, 0.6) is 5.75 Å². The van der Waals surface area contributed by atoms with Crippen molar-refractivity contribution in [2.24, 2.45) is 0 Å². The Morgan fingerprint density at radius 3 is 2.65 bits per heavy atom. The van der Waals surface area contributed by atoms with Crippen LogP contribution in [0.15, 0.2) is 29.2 Å². The molecule has 0 amide bonds. The third-order valence-corrected chi connectivity index (χ3v) is 4.55. The van der Waals surface area contributed by atoms with Crippen LogP contribution in [0.1, 0.15) is 25.7 Å². The predicted molar refractivity (Wildman–Crippen MR) is 65.6 cm³/mol. The van der Waals surface area contributed by atoms with Crippen LogP contribution in [0, 0.1) is 0 Å². The van der Waals surface area contributed by atoms with E-state index in [0.717, 1.165) is 25.7 Å². The molecule has 2 rings (SSSR count). The van der Waals surface area contributed by atoms with Gasteiger partial charge in [0.15, 0.2) is 0 Å². The molecule has 17 heavy (non-hydrogen) atoms. The molecule has 0 heterocycles. The van der Waals surface area contributed by atoms with Gasteiger partial charge >= 0.3 is 0 Å². The second-order valence-electron chi connectivity index (χ2n) is 4.28. The quantitative estimate of drug-likeness (QED) is 0.894. The highest BCUT2D eigenvalue weighted by Gasteiger charge is 2.22. The monoisotopic (exact) mass is 255 g/mol. The van der Waals surface area contributed by atoms with Crippen molar-refractivity contribution in [2.75, 3.05) is 7.11 Å². The molecule has 1 fully saturated rings. The Bertz CT molecular complexity index is 478. The van der Waals surface area contributed by atoms with E-state index >= 15 is 0 Å². The van der Waals surface area contributed by atoms with Gasteiger partial charge in [-0.25, -0.2) is 13.1 Å². The molecule has 94 valence electrons. The second-order valence-corrected chi connectivity index (χ2v) is 6.00. The minimum atomic E-state index is -3.41. The molecular formula is C12H17NO3S. The average molecular weight is 255 g/mol. The molecule has 1 aliphatic rings. The average Bonchev–Trinajstić information content (AvgIpc) is 2.81. The van der Waals surface area contributed by atoms with Crippen LogP contribution in [0.3, 0.4) is 0 Å². The maximum atomic E-state index is 12.1. The highest BCUT2D eigenvalue weighted by atomic mass is 32.2.